The van der Waals surface area contributed by atoms with E-state index in [1.807, 2.05) is 43.3 Å². The molecule has 0 aliphatic carbocycles. The molecule has 158 valence electrons. The van der Waals surface area contributed by atoms with E-state index >= 15 is 0 Å². The Hall–Kier alpha value is -2.75. The van der Waals surface area contributed by atoms with Crippen LogP contribution in [0.15, 0.2) is 53.4 Å². The highest BCUT2D eigenvalue weighted by atomic mass is 32.2. The Morgan fingerprint density at radius 1 is 1.03 bits per heavy atom. The van der Waals surface area contributed by atoms with Crippen molar-refractivity contribution >= 4 is 32.6 Å². The number of nitrogens with zero attached hydrogens (tertiary/aromatic N) is 3. The second kappa shape index (κ2) is 8.95. The summed E-state index contributed by atoms with van der Waals surface area (Å²) in [6, 6.07) is 14.7. The Kier molecular flexibility index (Phi) is 6.12. The fourth-order valence-electron chi connectivity index (χ4n) is 3.45. The summed E-state index contributed by atoms with van der Waals surface area (Å²) in [5, 5.41) is 4.72. The SMILES string of the molecule is Cc1cc(N2CCOCC2)nc(NCCNS(=O)(=O)c2cccc3ccccc23)n1. The fraction of sp³-hybridized carbons (Fsp3) is 0.333. The number of sulfonamides is 1. The van der Waals surface area contributed by atoms with Crippen molar-refractivity contribution in [3.05, 3.63) is 54.2 Å². The number of rotatable bonds is 7. The number of morpholine rings is 1. The van der Waals surface area contributed by atoms with Gasteiger partial charge in [-0.3, -0.25) is 0 Å². The predicted molar refractivity (Wildman–Crippen MR) is 117 cm³/mol. The topological polar surface area (TPSA) is 96.5 Å². The van der Waals surface area contributed by atoms with Gasteiger partial charge >= 0.3 is 0 Å². The van der Waals surface area contributed by atoms with Crippen LogP contribution in [0.5, 0.6) is 0 Å². The van der Waals surface area contributed by atoms with Crippen LogP contribution in [0.2, 0.25) is 0 Å². The van der Waals surface area contributed by atoms with Gasteiger partial charge in [0.05, 0.1) is 18.1 Å². The summed E-state index contributed by atoms with van der Waals surface area (Å²) >= 11 is 0. The van der Waals surface area contributed by atoms with Gasteiger partial charge < -0.3 is 15.0 Å². The molecular formula is C21H25N5O3S. The van der Waals surface area contributed by atoms with E-state index in [2.05, 4.69) is 24.9 Å². The molecule has 2 heterocycles. The van der Waals surface area contributed by atoms with Crippen LogP contribution in [0.25, 0.3) is 10.8 Å². The number of anilines is 2. The van der Waals surface area contributed by atoms with Crippen LogP contribution >= 0.6 is 0 Å². The molecule has 30 heavy (non-hydrogen) atoms. The minimum absolute atomic E-state index is 0.218. The van der Waals surface area contributed by atoms with Crippen LogP contribution in [-0.4, -0.2) is 57.8 Å². The first-order chi connectivity index (χ1) is 14.5. The number of aryl methyl sites for hydroxylation is 1. The van der Waals surface area contributed by atoms with Crippen molar-refractivity contribution in [1.82, 2.24) is 14.7 Å². The molecule has 0 amide bonds. The molecule has 4 rings (SSSR count). The summed E-state index contributed by atoms with van der Waals surface area (Å²) in [5.74, 6) is 1.34. The number of hydrogen-bond donors (Lipinski definition) is 2. The molecular weight excluding hydrogens is 402 g/mol. The molecule has 1 aromatic heterocycles. The lowest BCUT2D eigenvalue weighted by Gasteiger charge is -2.28. The van der Waals surface area contributed by atoms with Gasteiger partial charge in [0, 0.05) is 43.3 Å². The molecule has 0 radical (unpaired) electrons. The zero-order chi connectivity index (χ0) is 21.0. The van der Waals surface area contributed by atoms with E-state index in [0.29, 0.717) is 31.1 Å². The summed E-state index contributed by atoms with van der Waals surface area (Å²) in [6.07, 6.45) is 0. The second-order valence-electron chi connectivity index (χ2n) is 7.09. The Labute approximate surface area is 176 Å². The fourth-order valence-corrected chi connectivity index (χ4v) is 4.71. The molecule has 2 N–H and O–H groups in total. The maximum Gasteiger partial charge on any atom is 0.241 e. The zero-order valence-electron chi connectivity index (χ0n) is 16.8. The van der Waals surface area contributed by atoms with Gasteiger partial charge in [0.15, 0.2) is 0 Å². The predicted octanol–water partition coefficient (Wildman–Crippen LogP) is 2.17. The van der Waals surface area contributed by atoms with Crippen LogP contribution < -0.4 is 14.9 Å². The summed E-state index contributed by atoms with van der Waals surface area (Å²) in [4.78, 5) is 11.4. The summed E-state index contributed by atoms with van der Waals surface area (Å²) in [5.41, 5.74) is 0.852. The number of ether oxygens (including phenoxy) is 1. The lowest BCUT2D eigenvalue weighted by molar-refractivity contribution is 0.122. The first kappa shape index (κ1) is 20.5. The molecule has 1 aliphatic rings. The average Bonchev–Trinajstić information content (AvgIpc) is 2.76. The van der Waals surface area contributed by atoms with E-state index in [0.717, 1.165) is 30.0 Å². The molecule has 0 saturated carbocycles. The Bertz CT molecular complexity index is 1130. The number of fused-ring (bicyclic) bond motifs is 1. The summed E-state index contributed by atoms with van der Waals surface area (Å²) < 4.78 is 33.6. The van der Waals surface area contributed by atoms with Gasteiger partial charge in [0.2, 0.25) is 16.0 Å². The molecule has 1 fully saturated rings. The molecule has 1 aliphatic heterocycles. The van der Waals surface area contributed by atoms with Crippen molar-refractivity contribution in [3.8, 4) is 0 Å². The van der Waals surface area contributed by atoms with E-state index < -0.39 is 10.0 Å². The summed E-state index contributed by atoms with van der Waals surface area (Å²) in [7, 11) is -3.63. The van der Waals surface area contributed by atoms with Crippen LogP contribution in [-0.2, 0) is 14.8 Å². The Morgan fingerprint density at radius 3 is 2.63 bits per heavy atom. The minimum atomic E-state index is -3.63. The zero-order valence-corrected chi connectivity index (χ0v) is 17.7. The third-order valence-electron chi connectivity index (χ3n) is 4.92. The quantitative estimate of drug-likeness (QED) is 0.558. The number of aromatic nitrogens is 2. The van der Waals surface area contributed by atoms with Crippen molar-refractivity contribution in [1.29, 1.82) is 0 Å². The average molecular weight is 428 g/mol. The van der Waals surface area contributed by atoms with E-state index in [4.69, 9.17) is 4.74 Å². The monoisotopic (exact) mass is 427 g/mol. The highest BCUT2D eigenvalue weighted by molar-refractivity contribution is 7.89. The number of benzene rings is 2. The molecule has 8 nitrogen and oxygen atoms in total. The highest BCUT2D eigenvalue weighted by Crippen LogP contribution is 2.22. The van der Waals surface area contributed by atoms with E-state index in [1.165, 1.54) is 0 Å². The van der Waals surface area contributed by atoms with E-state index in [1.54, 1.807) is 12.1 Å². The van der Waals surface area contributed by atoms with Crippen molar-refractivity contribution < 1.29 is 13.2 Å². The van der Waals surface area contributed by atoms with Crippen LogP contribution in [0.4, 0.5) is 11.8 Å². The van der Waals surface area contributed by atoms with Gasteiger partial charge in [-0.05, 0) is 18.4 Å². The van der Waals surface area contributed by atoms with Crippen LogP contribution in [0.3, 0.4) is 0 Å². The lowest BCUT2D eigenvalue weighted by atomic mass is 10.1. The van der Waals surface area contributed by atoms with Crippen LogP contribution in [0.1, 0.15) is 5.69 Å². The van der Waals surface area contributed by atoms with Gasteiger partial charge in [0.25, 0.3) is 0 Å². The first-order valence-corrected chi connectivity index (χ1v) is 11.4. The maximum atomic E-state index is 12.8. The normalized spacial score (nSPS) is 14.8. The van der Waals surface area contributed by atoms with Crippen molar-refractivity contribution in [3.63, 3.8) is 0 Å². The highest BCUT2D eigenvalue weighted by Gasteiger charge is 2.17. The maximum absolute atomic E-state index is 12.8. The molecule has 0 unspecified atom stereocenters. The lowest BCUT2D eigenvalue weighted by Crippen LogP contribution is -2.37. The smallest absolute Gasteiger partial charge is 0.241 e. The van der Waals surface area contributed by atoms with Crippen molar-refractivity contribution in [2.75, 3.05) is 49.6 Å². The third-order valence-corrected chi connectivity index (χ3v) is 6.43. The Balaban J connectivity index is 1.39. The van der Waals surface area contributed by atoms with Gasteiger partial charge in [-0.15, -0.1) is 0 Å². The van der Waals surface area contributed by atoms with E-state index in [-0.39, 0.29) is 11.4 Å². The minimum Gasteiger partial charge on any atom is -0.378 e. The number of nitrogens with one attached hydrogen (secondary N) is 2. The first-order valence-electron chi connectivity index (χ1n) is 9.93. The molecule has 2 aromatic carbocycles. The van der Waals surface area contributed by atoms with E-state index in [9.17, 15) is 8.42 Å². The third kappa shape index (κ3) is 4.69. The molecule has 0 spiro atoms. The van der Waals surface area contributed by atoms with Crippen molar-refractivity contribution in [2.45, 2.75) is 11.8 Å². The summed E-state index contributed by atoms with van der Waals surface area (Å²) in [6.45, 7) is 5.46. The molecule has 3 aromatic rings. The van der Waals surface area contributed by atoms with Gasteiger partial charge in [-0.1, -0.05) is 36.4 Å². The largest absolute Gasteiger partial charge is 0.378 e. The molecule has 0 bridgehead atoms. The molecule has 0 atom stereocenters. The van der Waals surface area contributed by atoms with Gasteiger partial charge in [0.1, 0.15) is 5.82 Å². The molecule has 1 saturated heterocycles. The molecule has 9 heteroatoms. The second-order valence-corrected chi connectivity index (χ2v) is 8.83. The van der Waals surface area contributed by atoms with Crippen molar-refractivity contribution in [2.24, 2.45) is 0 Å². The van der Waals surface area contributed by atoms with Gasteiger partial charge in [-0.2, -0.15) is 4.98 Å². The Morgan fingerprint density at radius 2 is 1.80 bits per heavy atom. The van der Waals surface area contributed by atoms with Gasteiger partial charge in [-0.25, -0.2) is 18.1 Å². The van der Waals surface area contributed by atoms with Crippen LogP contribution in [0, 0.1) is 6.92 Å². The number of hydrogen-bond acceptors (Lipinski definition) is 7. The standard InChI is InChI=1S/C21H25N5O3S/c1-16-15-20(26-11-13-29-14-12-26)25-21(24-16)22-9-10-23-30(27,28)19-8-4-6-17-5-2-3-7-18(17)19/h2-8,15,23H,9-14H2,1H3,(H,22,24,25).